The first-order chi connectivity index (χ1) is 9.51. The van der Waals surface area contributed by atoms with E-state index in [1.54, 1.807) is 4.90 Å². The molecule has 1 saturated carbocycles. The number of nitrogens with zero attached hydrogens (tertiary/aromatic N) is 1. The van der Waals surface area contributed by atoms with Gasteiger partial charge in [-0.05, 0) is 25.7 Å². The van der Waals surface area contributed by atoms with Gasteiger partial charge in [0.25, 0.3) is 0 Å². The lowest BCUT2D eigenvalue weighted by Crippen LogP contribution is -2.39. The van der Waals surface area contributed by atoms with Crippen molar-refractivity contribution >= 4 is 18.0 Å². The zero-order valence-electron chi connectivity index (χ0n) is 11.5. The Kier molecular flexibility index (Phi) is 4.46. The third kappa shape index (κ3) is 3.20. The molecular weight excluding hydrogens is 264 g/mol. The largest absolute Gasteiger partial charge is 0.481 e. The van der Waals surface area contributed by atoms with Crippen LogP contribution in [0.25, 0.3) is 0 Å². The van der Waals surface area contributed by atoms with Gasteiger partial charge in [-0.2, -0.15) is 0 Å². The molecule has 1 aliphatic carbocycles. The number of carbonyl (C=O) groups excluding carboxylic acids is 2. The predicted molar refractivity (Wildman–Crippen MR) is 69.0 cm³/mol. The molecule has 1 unspecified atom stereocenters. The molecule has 0 bridgehead atoms. The lowest BCUT2D eigenvalue weighted by molar-refractivity contribution is -0.141. The first-order valence-electron chi connectivity index (χ1n) is 6.87. The highest BCUT2D eigenvalue weighted by Crippen LogP contribution is 2.33. The zero-order chi connectivity index (χ0) is 14.7. The summed E-state index contributed by atoms with van der Waals surface area (Å²) < 4.78 is 4.53. The Morgan fingerprint density at radius 3 is 2.50 bits per heavy atom. The molecule has 1 aliphatic heterocycles. The smallest absolute Gasteiger partial charge is 0.407 e. The van der Waals surface area contributed by atoms with Crippen LogP contribution in [-0.2, 0) is 14.3 Å². The molecule has 3 atom stereocenters. The van der Waals surface area contributed by atoms with Crippen LogP contribution in [0.5, 0.6) is 0 Å². The second-order valence-corrected chi connectivity index (χ2v) is 5.45. The molecule has 0 spiro atoms. The quantitative estimate of drug-likeness (QED) is 0.784. The second-order valence-electron chi connectivity index (χ2n) is 5.45. The predicted octanol–water partition coefficient (Wildman–Crippen LogP) is 0.444. The summed E-state index contributed by atoms with van der Waals surface area (Å²) in [5.41, 5.74) is 0. The Balaban J connectivity index is 1.83. The number of methoxy groups -OCH3 is 1. The topological polar surface area (TPSA) is 95.9 Å². The number of amides is 2. The number of hydrogen-bond donors (Lipinski definition) is 2. The summed E-state index contributed by atoms with van der Waals surface area (Å²) >= 11 is 0. The van der Waals surface area contributed by atoms with E-state index in [0.29, 0.717) is 38.8 Å². The van der Waals surface area contributed by atoms with E-state index in [4.69, 9.17) is 5.11 Å². The Hall–Kier alpha value is -1.79. The minimum atomic E-state index is -0.813. The van der Waals surface area contributed by atoms with E-state index in [9.17, 15) is 14.4 Å². The van der Waals surface area contributed by atoms with Crippen molar-refractivity contribution < 1.29 is 24.2 Å². The molecule has 2 N–H and O–H groups in total. The highest BCUT2D eigenvalue weighted by molar-refractivity contribution is 5.81. The van der Waals surface area contributed by atoms with Gasteiger partial charge in [0.15, 0.2) is 0 Å². The summed E-state index contributed by atoms with van der Waals surface area (Å²) in [6, 6.07) is -0.0805. The summed E-state index contributed by atoms with van der Waals surface area (Å²) in [4.78, 5) is 36.1. The van der Waals surface area contributed by atoms with Gasteiger partial charge < -0.3 is 20.1 Å². The first kappa shape index (κ1) is 14.6. The van der Waals surface area contributed by atoms with Crippen LogP contribution in [0.2, 0.25) is 0 Å². The van der Waals surface area contributed by atoms with Crippen LogP contribution < -0.4 is 5.32 Å². The van der Waals surface area contributed by atoms with E-state index >= 15 is 0 Å². The number of alkyl carbamates (subject to hydrolysis) is 1. The van der Waals surface area contributed by atoms with Crippen molar-refractivity contribution in [2.24, 2.45) is 11.8 Å². The van der Waals surface area contributed by atoms with Gasteiger partial charge in [-0.15, -0.1) is 0 Å². The van der Waals surface area contributed by atoms with Crippen molar-refractivity contribution in [2.75, 3.05) is 20.2 Å². The SMILES string of the molecule is COC(=O)NC1CCN(C(=O)[C@@H]2CC[C@H](C(=O)O)C2)C1. The zero-order valence-corrected chi connectivity index (χ0v) is 11.5. The van der Waals surface area contributed by atoms with Gasteiger partial charge in [-0.25, -0.2) is 4.79 Å². The van der Waals surface area contributed by atoms with E-state index in [0.717, 1.165) is 0 Å². The Morgan fingerprint density at radius 1 is 1.20 bits per heavy atom. The highest BCUT2D eigenvalue weighted by atomic mass is 16.5. The normalized spacial score (nSPS) is 29.2. The van der Waals surface area contributed by atoms with Gasteiger partial charge in [-0.1, -0.05) is 0 Å². The molecule has 0 aromatic rings. The van der Waals surface area contributed by atoms with Crippen molar-refractivity contribution in [1.29, 1.82) is 0 Å². The molecule has 112 valence electrons. The summed E-state index contributed by atoms with van der Waals surface area (Å²) in [6.07, 6.45) is 1.86. The van der Waals surface area contributed by atoms with E-state index in [1.165, 1.54) is 7.11 Å². The molecule has 2 amide bonds. The van der Waals surface area contributed by atoms with E-state index in [-0.39, 0.29) is 17.9 Å². The van der Waals surface area contributed by atoms with Crippen molar-refractivity contribution in [3.63, 3.8) is 0 Å². The molecule has 1 heterocycles. The molecule has 0 aromatic carbocycles. The highest BCUT2D eigenvalue weighted by Gasteiger charge is 2.38. The summed E-state index contributed by atoms with van der Waals surface area (Å²) in [5, 5.41) is 11.6. The van der Waals surface area contributed by atoms with Gasteiger partial charge >= 0.3 is 12.1 Å². The van der Waals surface area contributed by atoms with E-state index < -0.39 is 18.0 Å². The third-order valence-electron chi connectivity index (χ3n) is 4.14. The lowest BCUT2D eigenvalue weighted by Gasteiger charge is -2.20. The average Bonchev–Trinajstić information content (AvgIpc) is 3.06. The number of rotatable bonds is 3. The van der Waals surface area contributed by atoms with Crippen molar-refractivity contribution in [3.8, 4) is 0 Å². The van der Waals surface area contributed by atoms with Gasteiger partial charge in [0.05, 0.1) is 19.1 Å². The number of ether oxygens (including phenoxy) is 1. The number of carboxylic acids is 1. The maximum Gasteiger partial charge on any atom is 0.407 e. The summed E-state index contributed by atoms with van der Waals surface area (Å²) in [5.74, 6) is -1.38. The number of likely N-dealkylation sites (tertiary alicyclic amines) is 1. The Bertz CT molecular complexity index is 412. The van der Waals surface area contributed by atoms with Crippen molar-refractivity contribution in [3.05, 3.63) is 0 Å². The van der Waals surface area contributed by atoms with Gasteiger partial charge in [0.2, 0.25) is 5.91 Å². The molecule has 0 aromatic heterocycles. The molecule has 2 aliphatic rings. The average molecular weight is 284 g/mol. The third-order valence-corrected chi connectivity index (χ3v) is 4.14. The van der Waals surface area contributed by atoms with Gasteiger partial charge in [0.1, 0.15) is 0 Å². The molecule has 7 nitrogen and oxygen atoms in total. The maximum atomic E-state index is 12.3. The van der Waals surface area contributed by atoms with Crippen LogP contribution in [0, 0.1) is 11.8 Å². The van der Waals surface area contributed by atoms with Crippen molar-refractivity contribution in [1.82, 2.24) is 10.2 Å². The number of carbonyl (C=O) groups is 3. The number of carboxylic acid groups (broad SMARTS) is 1. The van der Waals surface area contributed by atoms with E-state index in [1.807, 2.05) is 0 Å². The Morgan fingerprint density at radius 2 is 1.90 bits per heavy atom. The van der Waals surface area contributed by atoms with Crippen LogP contribution in [0.4, 0.5) is 4.79 Å². The molecule has 7 heteroatoms. The molecule has 1 saturated heterocycles. The van der Waals surface area contributed by atoms with Crippen LogP contribution >= 0.6 is 0 Å². The summed E-state index contributed by atoms with van der Waals surface area (Å²) in [6.45, 7) is 1.07. The van der Waals surface area contributed by atoms with E-state index in [2.05, 4.69) is 10.1 Å². The van der Waals surface area contributed by atoms with Gasteiger partial charge in [-0.3, -0.25) is 9.59 Å². The first-order valence-corrected chi connectivity index (χ1v) is 6.87. The lowest BCUT2D eigenvalue weighted by atomic mass is 10.0. The monoisotopic (exact) mass is 284 g/mol. The fraction of sp³-hybridized carbons (Fsp3) is 0.769. The minimum Gasteiger partial charge on any atom is -0.481 e. The molecular formula is C13H20N2O5. The molecule has 2 rings (SSSR count). The van der Waals surface area contributed by atoms with Crippen LogP contribution in [0.3, 0.4) is 0 Å². The second kappa shape index (κ2) is 6.11. The number of aliphatic carboxylic acids is 1. The maximum absolute atomic E-state index is 12.3. The number of hydrogen-bond acceptors (Lipinski definition) is 4. The standard InChI is InChI=1S/C13H20N2O5/c1-20-13(19)14-10-4-5-15(7-10)11(16)8-2-3-9(6-8)12(17)18/h8-10H,2-7H2,1H3,(H,14,19)(H,17,18)/t8-,9+,10?/m1/s1. The molecule has 2 fully saturated rings. The fourth-order valence-corrected chi connectivity index (χ4v) is 2.99. The molecule has 20 heavy (non-hydrogen) atoms. The van der Waals surface area contributed by atoms with Crippen molar-refractivity contribution in [2.45, 2.75) is 31.7 Å². The molecule has 0 radical (unpaired) electrons. The van der Waals surface area contributed by atoms with Crippen LogP contribution in [0.15, 0.2) is 0 Å². The fourth-order valence-electron chi connectivity index (χ4n) is 2.99. The van der Waals surface area contributed by atoms with Crippen LogP contribution in [0.1, 0.15) is 25.7 Å². The minimum absolute atomic E-state index is 0.0166. The number of nitrogens with one attached hydrogen (secondary N) is 1. The summed E-state index contributed by atoms with van der Waals surface area (Å²) in [7, 11) is 1.30. The van der Waals surface area contributed by atoms with Gasteiger partial charge in [0, 0.05) is 19.0 Å². The van der Waals surface area contributed by atoms with Crippen LogP contribution in [-0.4, -0.2) is 54.2 Å². The Labute approximate surface area is 117 Å².